The van der Waals surface area contributed by atoms with Gasteiger partial charge in [-0.3, -0.25) is 5.10 Å². The molecule has 0 aliphatic carbocycles. The molecule has 2 saturated heterocycles. The summed E-state index contributed by atoms with van der Waals surface area (Å²) in [6.07, 6.45) is 8.32. The summed E-state index contributed by atoms with van der Waals surface area (Å²) >= 11 is 15.7. The number of rotatable bonds is 5. The van der Waals surface area contributed by atoms with Crippen molar-refractivity contribution < 1.29 is 0 Å². The molecule has 46 heavy (non-hydrogen) atoms. The van der Waals surface area contributed by atoms with Crippen LogP contribution in [-0.4, -0.2) is 60.3 Å². The zero-order chi connectivity index (χ0) is 32.1. The van der Waals surface area contributed by atoms with E-state index >= 15 is 0 Å². The van der Waals surface area contributed by atoms with Gasteiger partial charge in [-0.25, -0.2) is 0 Å². The molecule has 0 spiro atoms. The van der Waals surface area contributed by atoms with E-state index in [2.05, 4.69) is 123 Å². The van der Waals surface area contributed by atoms with Crippen LogP contribution in [0.2, 0.25) is 10.0 Å². The van der Waals surface area contributed by atoms with Crippen LogP contribution in [0.1, 0.15) is 47.9 Å². The molecule has 0 atom stereocenters. The molecule has 4 nitrogen and oxygen atoms in total. The second kappa shape index (κ2) is 14.5. The van der Waals surface area contributed by atoms with Gasteiger partial charge in [0.15, 0.2) is 0 Å². The smallest absolute Gasteiger partial charge is 0.0565 e. The van der Waals surface area contributed by atoms with Crippen LogP contribution < -0.4 is 0 Å². The van der Waals surface area contributed by atoms with Crippen molar-refractivity contribution in [1.82, 2.24) is 20.0 Å². The van der Waals surface area contributed by atoms with Gasteiger partial charge in [0.05, 0.1) is 6.20 Å². The molecule has 7 heteroatoms. The van der Waals surface area contributed by atoms with Crippen LogP contribution >= 0.6 is 39.1 Å². The van der Waals surface area contributed by atoms with E-state index < -0.39 is 0 Å². The second-order valence-corrected chi connectivity index (χ2v) is 14.6. The average Bonchev–Trinajstić information content (AvgIpc) is 3.63. The number of hydrogen-bond donors (Lipinski definition) is 1. The summed E-state index contributed by atoms with van der Waals surface area (Å²) < 4.78 is 1.13. The highest BCUT2D eigenvalue weighted by molar-refractivity contribution is 9.10. The minimum Gasteiger partial charge on any atom is -0.306 e. The van der Waals surface area contributed by atoms with Gasteiger partial charge in [0.1, 0.15) is 0 Å². The molecule has 5 aromatic rings. The molecule has 0 bridgehead atoms. The fourth-order valence-electron chi connectivity index (χ4n) is 7.19. The lowest BCUT2D eigenvalue weighted by Gasteiger charge is -2.42. The number of nitrogens with zero attached hydrogens (tertiary/aromatic N) is 3. The summed E-state index contributed by atoms with van der Waals surface area (Å²) in [4.78, 5) is 4.82. The Balaban J connectivity index is 0.000000164. The first-order chi connectivity index (χ1) is 22.3. The van der Waals surface area contributed by atoms with Crippen LogP contribution in [0, 0.1) is 0 Å². The molecular formula is C39H41BrCl2N4. The van der Waals surface area contributed by atoms with Crippen LogP contribution in [0.4, 0.5) is 0 Å². The van der Waals surface area contributed by atoms with E-state index in [-0.39, 0.29) is 10.8 Å². The fourth-order valence-corrected chi connectivity index (χ4v) is 7.70. The topological polar surface area (TPSA) is 35.2 Å². The molecule has 7 rings (SSSR count). The number of piperidine rings is 2. The van der Waals surface area contributed by atoms with Crippen molar-refractivity contribution in [3.05, 3.63) is 146 Å². The quantitative estimate of drug-likeness (QED) is 0.197. The largest absolute Gasteiger partial charge is 0.306 e. The van der Waals surface area contributed by atoms with Crippen LogP contribution in [0.15, 0.2) is 114 Å². The molecule has 4 aromatic carbocycles. The molecule has 2 fully saturated rings. The number of hydrogen-bond acceptors (Lipinski definition) is 3. The average molecular weight is 717 g/mol. The fraction of sp³-hybridized carbons (Fsp3) is 0.308. The molecular weight excluding hydrogens is 675 g/mol. The third kappa shape index (κ3) is 7.14. The van der Waals surface area contributed by atoms with Crippen molar-refractivity contribution in [2.24, 2.45) is 0 Å². The monoisotopic (exact) mass is 714 g/mol. The van der Waals surface area contributed by atoms with Crippen LogP contribution in [0.3, 0.4) is 0 Å². The molecule has 2 aliphatic heterocycles. The van der Waals surface area contributed by atoms with Crippen LogP contribution in [0.5, 0.6) is 0 Å². The standard InChI is InChI=1S/C21H22ClN3.C18H19BrClN/c1-25-12-10-21(11-13-25,19-6-8-20(22)9-7-19)18-4-2-16(3-5-18)17-14-23-24-15-17;1-21-12-10-18(11-13-21,14-2-6-16(19)7-3-14)15-4-8-17(20)9-5-15/h2-9,14-15H,10-13H2,1H3,(H,23,24);2-9H,10-13H2,1H3. The molecule has 238 valence electrons. The number of aromatic amines is 1. The van der Waals surface area contributed by atoms with Gasteiger partial charge in [0.25, 0.3) is 0 Å². The van der Waals surface area contributed by atoms with Crippen LogP contribution in [-0.2, 0) is 10.8 Å². The number of H-pyrrole nitrogens is 1. The highest BCUT2D eigenvalue weighted by atomic mass is 79.9. The normalized spacial score (nSPS) is 18.0. The minimum atomic E-state index is 0.0615. The molecule has 1 N–H and O–H groups in total. The van der Waals surface area contributed by atoms with Gasteiger partial charge in [-0.2, -0.15) is 5.10 Å². The third-order valence-electron chi connectivity index (χ3n) is 10.1. The zero-order valence-corrected chi connectivity index (χ0v) is 29.6. The Morgan fingerprint density at radius 3 is 1.30 bits per heavy atom. The van der Waals surface area contributed by atoms with E-state index in [0.29, 0.717) is 0 Å². The van der Waals surface area contributed by atoms with Crippen molar-refractivity contribution in [2.45, 2.75) is 36.5 Å². The predicted octanol–water partition coefficient (Wildman–Crippen LogP) is 9.86. The van der Waals surface area contributed by atoms with E-state index in [1.165, 1.54) is 27.8 Å². The van der Waals surface area contributed by atoms with E-state index in [9.17, 15) is 0 Å². The van der Waals surface area contributed by atoms with Gasteiger partial charge in [0, 0.05) is 37.1 Å². The molecule has 0 saturated carbocycles. The van der Waals surface area contributed by atoms with E-state index in [4.69, 9.17) is 23.2 Å². The highest BCUT2D eigenvalue weighted by Gasteiger charge is 2.38. The van der Waals surface area contributed by atoms with Crippen molar-refractivity contribution in [2.75, 3.05) is 40.3 Å². The van der Waals surface area contributed by atoms with Crippen LogP contribution in [0.25, 0.3) is 11.1 Å². The summed E-state index contributed by atoms with van der Waals surface area (Å²) in [7, 11) is 4.40. The number of halogens is 3. The van der Waals surface area contributed by atoms with Gasteiger partial charge in [-0.15, -0.1) is 0 Å². The summed E-state index contributed by atoms with van der Waals surface area (Å²) in [6, 6.07) is 34.6. The number of aromatic nitrogens is 2. The SMILES string of the molecule is CN1CCC(c2ccc(Cl)cc2)(c2ccc(-c3cn[nH]c3)cc2)CC1.CN1CCC(c2ccc(Cl)cc2)(c2ccc(Br)cc2)CC1. The number of nitrogens with one attached hydrogen (secondary N) is 1. The Bertz CT molecular complexity index is 1620. The number of likely N-dealkylation sites (tertiary alicyclic amines) is 2. The van der Waals surface area contributed by atoms with Gasteiger partial charge in [0.2, 0.25) is 0 Å². The van der Waals surface area contributed by atoms with Gasteiger partial charge >= 0.3 is 0 Å². The maximum atomic E-state index is 6.13. The van der Waals surface area contributed by atoms with Gasteiger partial charge in [-0.05, 0) is 130 Å². The number of benzene rings is 4. The second-order valence-electron chi connectivity index (χ2n) is 12.9. The zero-order valence-electron chi connectivity index (χ0n) is 26.5. The van der Waals surface area contributed by atoms with E-state index in [1.807, 2.05) is 36.7 Å². The molecule has 3 heterocycles. The summed E-state index contributed by atoms with van der Waals surface area (Å²) in [5.41, 5.74) is 8.01. The first kappa shape index (κ1) is 33.0. The minimum absolute atomic E-state index is 0.0615. The van der Waals surface area contributed by atoms with Crippen molar-refractivity contribution in [3.63, 3.8) is 0 Å². The lowest BCUT2D eigenvalue weighted by molar-refractivity contribution is 0.213. The van der Waals surface area contributed by atoms with Crippen molar-refractivity contribution in [1.29, 1.82) is 0 Å². The van der Waals surface area contributed by atoms with Gasteiger partial charge < -0.3 is 9.80 Å². The van der Waals surface area contributed by atoms with Crippen molar-refractivity contribution in [3.8, 4) is 11.1 Å². The molecule has 0 amide bonds. The summed E-state index contributed by atoms with van der Waals surface area (Å²) in [5.74, 6) is 0. The predicted molar refractivity (Wildman–Crippen MR) is 196 cm³/mol. The molecule has 0 radical (unpaired) electrons. The Labute approximate surface area is 291 Å². The van der Waals surface area contributed by atoms with Gasteiger partial charge in [-0.1, -0.05) is 99.8 Å². The Morgan fingerprint density at radius 2 is 0.935 bits per heavy atom. The Hall–Kier alpha value is -2.93. The lowest BCUT2D eigenvalue weighted by atomic mass is 9.68. The highest BCUT2D eigenvalue weighted by Crippen LogP contribution is 2.43. The van der Waals surface area contributed by atoms with Crippen molar-refractivity contribution >= 4 is 39.1 Å². The summed E-state index contributed by atoms with van der Waals surface area (Å²) in [6.45, 7) is 4.45. The maximum Gasteiger partial charge on any atom is 0.0565 e. The maximum absolute atomic E-state index is 6.13. The van der Waals surface area contributed by atoms with E-state index in [0.717, 1.165) is 71.9 Å². The van der Waals surface area contributed by atoms with E-state index in [1.54, 1.807) is 0 Å². The molecule has 2 aliphatic rings. The first-order valence-electron chi connectivity index (χ1n) is 16.0. The molecule has 0 unspecified atom stereocenters. The third-order valence-corrected chi connectivity index (χ3v) is 11.2. The Kier molecular flexibility index (Phi) is 10.4. The first-order valence-corrected chi connectivity index (χ1v) is 17.6. The Morgan fingerprint density at radius 1 is 0.565 bits per heavy atom. The lowest BCUT2D eigenvalue weighted by Crippen LogP contribution is -2.41. The molecule has 1 aromatic heterocycles. The summed E-state index contributed by atoms with van der Waals surface area (Å²) in [5, 5.41) is 8.52.